The standard InChI is InChI=1S/C27H26BrClN2O5S/c1-5-7-19-23(26(33)36-6-2)24(18-14-16(28)8-10-21(18)35-4)31-25(32)22(37-27(31)30-19)13-15-12-17(29)9-11-20(15)34-3/h8-14,24H,5-7H2,1-4H3/b22-13+/t24-/m1/s1. The van der Waals surface area contributed by atoms with Crippen molar-refractivity contribution in [3.63, 3.8) is 0 Å². The zero-order valence-electron chi connectivity index (χ0n) is 20.8. The van der Waals surface area contributed by atoms with Gasteiger partial charge in [-0.3, -0.25) is 9.36 Å². The molecule has 1 atom stereocenters. The van der Waals surface area contributed by atoms with Crippen LogP contribution in [0.2, 0.25) is 5.02 Å². The fraction of sp³-hybridized carbons (Fsp3) is 0.296. The Morgan fingerprint density at radius 1 is 1.16 bits per heavy atom. The molecule has 0 amide bonds. The lowest BCUT2D eigenvalue weighted by Crippen LogP contribution is -2.40. The molecule has 194 valence electrons. The molecule has 37 heavy (non-hydrogen) atoms. The van der Waals surface area contributed by atoms with Crippen LogP contribution < -0.4 is 24.4 Å². The van der Waals surface area contributed by atoms with E-state index in [1.807, 2.05) is 19.1 Å². The van der Waals surface area contributed by atoms with Crippen LogP contribution in [0.3, 0.4) is 0 Å². The molecule has 1 aliphatic rings. The van der Waals surface area contributed by atoms with E-state index in [1.54, 1.807) is 56.1 Å². The van der Waals surface area contributed by atoms with Gasteiger partial charge >= 0.3 is 5.97 Å². The maximum atomic E-state index is 13.9. The quantitative estimate of drug-likeness (QED) is 0.337. The lowest BCUT2D eigenvalue weighted by molar-refractivity contribution is -0.139. The van der Waals surface area contributed by atoms with Gasteiger partial charge in [-0.1, -0.05) is 52.2 Å². The van der Waals surface area contributed by atoms with Gasteiger partial charge in [-0.05, 0) is 55.8 Å². The molecule has 2 aromatic carbocycles. The Bertz CT molecular complexity index is 1560. The van der Waals surface area contributed by atoms with Crippen molar-refractivity contribution >= 4 is 50.9 Å². The third-order valence-corrected chi connectivity index (χ3v) is 7.57. The number of benzene rings is 2. The van der Waals surface area contributed by atoms with E-state index in [4.69, 9.17) is 30.8 Å². The molecule has 0 spiro atoms. The first-order valence-electron chi connectivity index (χ1n) is 11.7. The molecule has 0 N–H and O–H groups in total. The fourth-order valence-corrected chi connectivity index (χ4v) is 5.86. The third kappa shape index (κ3) is 5.39. The number of ether oxygens (including phenoxy) is 3. The summed E-state index contributed by atoms with van der Waals surface area (Å²) in [6.45, 7) is 3.96. The summed E-state index contributed by atoms with van der Waals surface area (Å²) in [5.41, 5.74) is 1.95. The van der Waals surface area contributed by atoms with Crippen LogP contribution in [0.15, 0.2) is 61.9 Å². The summed E-state index contributed by atoms with van der Waals surface area (Å²) < 4.78 is 19.3. The molecule has 7 nitrogen and oxygen atoms in total. The zero-order valence-corrected chi connectivity index (χ0v) is 24.0. The number of hydrogen-bond acceptors (Lipinski definition) is 7. The number of hydrogen-bond donors (Lipinski definition) is 0. The summed E-state index contributed by atoms with van der Waals surface area (Å²) in [6.07, 6.45) is 3.05. The summed E-state index contributed by atoms with van der Waals surface area (Å²) in [6, 6.07) is 9.93. The number of methoxy groups -OCH3 is 2. The van der Waals surface area contributed by atoms with Crippen LogP contribution in [-0.4, -0.2) is 31.4 Å². The molecule has 0 bridgehead atoms. The van der Waals surface area contributed by atoms with Crippen molar-refractivity contribution in [2.75, 3.05) is 20.8 Å². The first-order valence-corrected chi connectivity index (χ1v) is 13.7. The van der Waals surface area contributed by atoms with Gasteiger partial charge in [0.25, 0.3) is 5.56 Å². The predicted molar refractivity (Wildman–Crippen MR) is 148 cm³/mol. The zero-order chi connectivity index (χ0) is 26.7. The molecular weight excluding hydrogens is 580 g/mol. The van der Waals surface area contributed by atoms with E-state index in [0.717, 1.165) is 10.9 Å². The average Bonchev–Trinajstić information content (AvgIpc) is 3.18. The van der Waals surface area contributed by atoms with Gasteiger partial charge in [-0.2, -0.15) is 0 Å². The Hall–Kier alpha value is -2.88. The molecule has 1 aromatic heterocycles. The van der Waals surface area contributed by atoms with Crippen LogP contribution >= 0.6 is 38.9 Å². The molecule has 3 aromatic rings. The predicted octanol–water partition coefficient (Wildman–Crippen LogP) is 5.01. The minimum Gasteiger partial charge on any atom is -0.496 e. The smallest absolute Gasteiger partial charge is 0.338 e. The van der Waals surface area contributed by atoms with Gasteiger partial charge in [0.15, 0.2) is 4.80 Å². The molecule has 0 unspecified atom stereocenters. The highest BCUT2D eigenvalue weighted by Crippen LogP contribution is 2.38. The van der Waals surface area contributed by atoms with E-state index >= 15 is 0 Å². The highest BCUT2D eigenvalue weighted by Gasteiger charge is 2.36. The van der Waals surface area contributed by atoms with E-state index in [1.165, 1.54) is 11.3 Å². The number of aromatic nitrogens is 1. The molecule has 1 aliphatic heterocycles. The number of carbonyl (C=O) groups excluding carboxylic acids is 1. The third-order valence-electron chi connectivity index (χ3n) is 5.86. The van der Waals surface area contributed by atoms with Crippen molar-refractivity contribution < 1.29 is 19.0 Å². The van der Waals surface area contributed by atoms with Crippen LogP contribution in [0.25, 0.3) is 6.08 Å². The van der Waals surface area contributed by atoms with Gasteiger partial charge in [-0.15, -0.1) is 0 Å². The number of halogens is 2. The Morgan fingerprint density at radius 2 is 1.89 bits per heavy atom. The lowest BCUT2D eigenvalue weighted by atomic mass is 9.93. The average molecular weight is 606 g/mol. The maximum absolute atomic E-state index is 13.9. The monoisotopic (exact) mass is 604 g/mol. The second kappa shape index (κ2) is 11.7. The van der Waals surface area contributed by atoms with Gasteiger partial charge in [0.1, 0.15) is 17.5 Å². The Labute approximate surface area is 231 Å². The van der Waals surface area contributed by atoms with Crippen molar-refractivity contribution in [3.05, 3.63) is 88.0 Å². The summed E-state index contributed by atoms with van der Waals surface area (Å²) in [7, 11) is 3.12. The largest absolute Gasteiger partial charge is 0.496 e. The highest BCUT2D eigenvalue weighted by atomic mass is 79.9. The van der Waals surface area contributed by atoms with Gasteiger partial charge < -0.3 is 14.2 Å². The van der Waals surface area contributed by atoms with Gasteiger partial charge in [0, 0.05) is 20.6 Å². The second-order valence-electron chi connectivity index (χ2n) is 8.19. The molecule has 0 radical (unpaired) electrons. The van der Waals surface area contributed by atoms with E-state index in [9.17, 15) is 9.59 Å². The summed E-state index contributed by atoms with van der Waals surface area (Å²) in [4.78, 5) is 32.6. The molecule has 10 heteroatoms. The second-order valence-corrected chi connectivity index (χ2v) is 10.5. The molecule has 0 saturated heterocycles. The SMILES string of the molecule is CCCC1=C(C(=O)OCC)[C@@H](c2cc(Br)ccc2OC)n2c(s/c(=C/c3cc(Cl)ccc3OC)c2=O)=N1. The molecular formula is C27H26BrClN2O5S. The minimum absolute atomic E-state index is 0.197. The molecule has 0 fully saturated rings. The Balaban J connectivity index is 2.07. The van der Waals surface area contributed by atoms with Crippen molar-refractivity contribution in [2.45, 2.75) is 32.7 Å². The van der Waals surface area contributed by atoms with Crippen LogP contribution in [0.4, 0.5) is 0 Å². The molecule has 0 saturated carbocycles. The Kier molecular flexibility index (Phi) is 8.56. The van der Waals surface area contributed by atoms with Crippen LogP contribution in [0.1, 0.15) is 43.9 Å². The lowest BCUT2D eigenvalue weighted by Gasteiger charge is -2.27. The first kappa shape index (κ1) is 27.2. The highest BCUT2D eigenvalue weighted by molar-refractivity contribution is 9.10. The van der Waals surface area contributed by atoms with E-state index < -0.39 is 12.0 Å². The van der Waals surface area contributed by atoms with Crippen molar-refractivity contribution in [1.82, 2.24) is 4.57 Å². The van der Waals surface area contributed by atoms with E-state index in [0.29, 0.717) is 54.7 Å². The summed E-state index contributed by atoms with van der Waals surface area (Å²) >= 11 is 11.0. The number of fused-ring (bicyclic) bond motifs is 1. The number of rotatable bonds is 8. The van der Waals surface area contributed by atoms with E-state index in [-0.39, 0.29) is 12.2 Å². The number of allylic oxidation sites excluding steroid dienone is 1. The van der Waals surface area contributed by atoms with Gasteiger partial charge in [-0.25, -0.2) is 9.79 Å². The maximum Gasteiger partial charge on any atom is 0.338 e. The summed E-state index contributed by atoms with van der Waals surface area (Å²) in [5.74, 6) is 0.616. The van der Waals surface area contributed by atoms with Crippen molar-refractivity contribution in [3.8, 4) is 11.5 Å². The Morgan fingerprint density at radius 3 is 2.57 bits per heavy atom. The normalized spacial score (nSPS) is 15.3. The van der Waals surface area contributed by atoms with Crippen LogP contribution in [0, 0.1) is 0 Å². The summed E-state index contributed by atoms with van der Waals surface area (Å²) in [5, 5.41) is 0.520. The molecule has 2 heterocycles. The molecule has 4 rings (SSSR count). The number of carbonyl (C=O) groups is 1. The van der Waals surface area contributed by atoms with Crippen molar-refractivity contribution in [2.24, 2.45) is 4.99 Å². The van der Waals surface area contributed by atoms with Crippen LogP contribution in [-0.2, 0) is 9.53 Å². The first-order chi connectivity index (χ1) is 17.8. The number of esters is 1. The molecule has 0 aliphatic carbocycles. The van der Waals surface area contributed by atoms with Gasteiger partial charge in [0.2, 0.25) is 0 Å². The minimum atomic E-state index is -0.785. The number of thiazole rings is 1. The van der Waals surface area contributed by atoms with E-state index in [2.05, 4.69) is 15.9 Å². The van der Waals surface area contributed by atoms with Crippen LogP contribution in [0.5, 0.6) is 11.5 Å². The van der Waals surface area contributed by atoms with Crippen molar-refractivity contribution in [1.29, 1.82) is 0 Å². The fourth-order valence-electron chi connectivity index (χ4n) is 4.29. The topological polar surface area (TPSA) is 79.1 Å². The van der Waals surface area contributed by atoms with Gasteiger partial charge in [0.05, 0.1) is 36.6 Å². The number of nitrogens with zero attached hydrogens (tertiary/aromatic N) is 2.